The van der Waals surface area contributed by atoms with Crippen molar-refractivity contribution in [1.29, 1.82) is 0 Å². The van der Waals surface area contributed by atoms with E-state index in [0.717, 1.165) is 23.5 Å². The summed E-state index contributed by atoms with van der Waals surface area (Å²) >= 11 is 7.20. The molecule has 1 aliphatic heterocycles. The molecule has 2 aromatic heterocycles. The first kappa shape index (κ1) is 22.3. The quantitative estimate of drug-likeness (QED) is 0.538. The van der Waals surface area contributed by atoms with Crippen LogP contribution in [0.15, 0.2) is 47.2 Å². The fraction of sp³-hybridized carbons (Fsp3) is 0.286. The molecular formula is C21H17ClF3N3O3S. The number of nitrogens with zero attached hydrogens (tertiary/aromatic N) is 2. The summed E-state index contributed by atoms with van der Waals surface area (Å²) in [6, 6.07) is 5.65. The summed E-state index contributed by atoms with van der Waals surface area (Å²) < 4.78 is 44.1. The van der Waals surface area contributed by atoms with Crippen LogP contribution in [0, 0.1) is 0 Å². The number of aromatic nitrogens is 1. The molecule has 1 aromatic carbocycles. The molecule has 0 bridgehead atoms. The molecule has 1 N–H and O–H groups in total. The van der Waals surface area contributed by atoms with Gasteiger partial charge in [0.2, 0.25) is 5.91 Å². The van der Waals surface area contributed by atoms with E-state index in [2.05, 4.69) is 10.3 Å². The van der Waals surface area contributed by atoms with E-state index in [1.54, 1.807) is 12.1 Å². The second-order valence-corrected chi connectivity index (χ2v) is 8.76. The second kappa shape index (κ2) is 8.95. The number of benzene rings is 1. The van der Waals surface area contributed by atoms with Crippen LogP contribution >= 0.6 is 22.9 Å². The van der Waals surface area contributed by atoms with E-state index in [1.807, 2.05) is 0 Å². The van der Waals surface area contributed by atoms with Crippen molar-refractivity contribution < 1.29 is 27.2 Å². The Bertz CT molecular complexity index is 1130. The average Bonchev–Trinajstić information content (AvgIpc) is 3.50. The van der Waals surface area contributed by atoms with E-state index >= 15 is 0 Å². The van der Waals surface area contributed by atoms with Crippen molar-refractivity contribution in [2.45, 2.75) is 31.5 Å². The highest BCUT2D eigenvalue weighted by atomic mass is 35.5. The van der Waals surface area contributed by atoms with E-state index in [0.29, 0.717) is 35.0 Å². The standard InChI is InChI=1S/C21H17ClF3N3O3S/c22-15-6-5-13(21(23,24)25)9-12(15)10-14-11-26-20(32-14)27-18(29)16-3-1-7-28(16)19(30)17-4-2-8-31-17/h2,4-6,8-9,11,16H,1,3,7,10H2,(H,26,27,29)/t16-/m0/s1. The maximum absolute atomic E-state index is 13.0. The number of furan rings is 1. The number of rotatable bonds is 5. The van der Waals surface area contributed by atoms with E-state index in [4.69, 9.17) is 16.0 Å². The molecule has 32 heavy (non-hydrogen) atoms. The van der Waals surface area contributed by atoms with E-state index in [1.165, 1.54) is 23.4 Å². The minimum atomic E-state index is -4.47. The van der Waals surface area contributed by atoms with Crippen molar-refractivity contribution >= 4 is 39.9 Å². The van der Waals surface area contributed by atoms with Crippen LogP contribution in [0.1, 0.15) is 39.4 Å². The number of carbonyl (C=O) groups is 2. The van der Waals surface area contributed by atoms with Crippen molar-refractivity contribution in [1.82, 2.24) is 9.88 Å². The van der Waals surface area contributed by atoms with Crippen LogP contribution in [-0.4, -0.2) is 34.3 Å². The summed E-state index contributed by atoms with van der Waals surface area (Å²) in [7, 11) is 0. The van der Waals surface area contributed by atoms with E-state index in [9.17, 15) is 22.8 Å². The number of halogens is 4. The molecule has 3 aromatic rings. The van der Waals surface area contributed by atoms with Crippen LogP contribution < -0.4 is 5.32 Å². The summed E-state index contributed by atoms with van der Waals surface area (Å²) in [5.74, 6) is -0.564. The van der Waals surface area contributed by atoms with Crippen LogP contribution in [0.4, 0.5) is 18.3 Å². The smallest absolute Gasteiger partial charge is 0.416 e. The van der Waals surface area contributed by atoms with Gasteiger partial charge in [-0.25, -0.2) is 4.98 Å². The number of nitrogens with one attached hydrogen (secondary N) is 1. The predicted octanol–water partition coefficient (Wildman–Crippen LogP) is 5.24. The van der Waals surface area contributed by atoms with Crippen molar-refractivity contribution in [3.63, 3.8) is 0 Å². The van der Waals surface area contributed by atoms with Crippen LogP contribution in [-0.2, 0) is 17.4 Å². The third kappa shape index (κ3) is 4.81. The van der Waals surface area contributed by atoms with Gasteiger partial charge in [-0.2, -0.15) is 13.2 Å². The molecule has 3 heterocycles. The van der Waals surface area contributed by atoms with Crippen LogP contribution in [0.3, 0.4) is 0 Å². The lowest BCUT2D eigenvalue weighted by Crippen LogP contribution is -2.43. The molecule has 1 atom stereocenters. The zero-order valence-electron chi connectivity index (χ0n) is 16.5. The van der Waals surface area contributed by atoms with E-state index < -0.39 is 17.8 Å². The summed E-state index contributed by atoms with van der Waals surface area (Å²) in [4.78, 5) is 31.6. The van der Waals surface area contributed by atoms with Gasteiger partial charge in [-0.1, -0.05) is 11.6 Å². The number of likely N-dealkylation sites (tertiary alicyclic amines) is 1. The Morgan fingerprint density at radius 1 is 1.31 bits per heavy atom. The second-order valence-electron chi connectivity index (χ2n) is 7.24. The number of hydrogen-bond acceptors (Lipinski definition) is 5. The van der Waals surface area contributed by atoms with Gasteiger partial charge in [-0.15, -0.1) is 11.3 Å². The minimum absolute atomic E-state index is 0.142. The van der Waals surface area contributed by atoms with Crippen LogP contribution in [0.5, 0.6) is 0 Å². The van der Waals surface area contributed by atoms with Gasteiger partial charge in [0.05, 0.1) is 11.8 Å². The lowest BCUT2D eigenvalue weighted by Gasteiger charge is -2.22. The molecule has 4 rings (SSSR count). The predicted molar refractivity (Wildman–Crippen MR) is 113 cm³/mol. The van der Waals surface area contributed by atoms with Gasteiger partial charge < -0.3 is 14.6 Å². The highest BCUT2D eigenvalue weighted by Gasteiger charge is 2.36. The summed E-state index contributed by atoms with van der Waals surface area (Å²) in [6.07, 6.45) is -0.253. The van der Waals surface area contributed by atoms with E-state index in [-0.39, 0.29) is 29.0 Å². The Morgan fingerprint density at radius 2 is 2.12 bits per heavy atom. The topological polar surface area (TPSA) is 75.4 Å². The normalized spacial score (nSPS) is 16.4. The first-order valence-electron chi connectivity index (χ1n) is 9.68. The fourth-order valence-electron chi connectivity index (χ4n) is 3.53. The molecule has 6 nitrogen and oxygen atoms in total. The summed E-state index contributed by atoms with van der Waals surface area (Å²) in [6.45, 7) is 0.439. The minimum Gasteiger partial charge on any atom is -0.459 e. The molecule has 1 saturated heterocycles. The highest BCUT2D eigenvalue weighted by molar-refractivity contribution is 7.15. The summed E-state index contributed by atoms with van der Waals surface area (Å²) in [5.41, 5.74) is -0.466. The maximum atomic E-state index is 13.0. The average molecular weight is 484 g/mol. The number of hydrogen-bond donors (Lipinski definition) is 1. The largest absolute Gasteiger partial charge is 0.459 e. The Hall–Kier alpha value is -2.85. The van der Waals surface area contributed by atoms with Gasteiger partial charge in [-0.3, -0.25) is 9.59 Å². The Kier molecular flexibility index (Phi) is 6.25. The molecule has 2 amide bonds. The Labute approximate surface area is 190 Å². The third-order valence-corrected chi connectivity index (χ3v) is 6.35. The summed E-state index contributed by atoms with van der Waals surface area (Å²) in [5, 5.41) is 3.22. The zero-order chi connectivity index (χ0) is 22.9. The maximum Gasteiger partial charge on any atom is 0.416 e. The fourth-order valence-corrected chi connectivity index (χ4v) is 4.56. The van der Waals surface area contributed by atoms with Crippen molar-refractivity contribution in [2.24, 2.45) is 0 Å². The monoisotopic (exact) mass is 483 g/mol. The van der Waals surface area contributed by atoms with Crippen molar-refractivity contribution in [3.05, 3.63) is 69.6 Å². The van der Waals surface area contributed by atoms with Gasteiger partial charge in [0, 0.05) is 29.1 Å². The first-order chi connectivity index (χ1) is 15.2. The molecule has 1 aliphatic rings. The van der Waals surface area contributed by atoms with Gasteiger partial charge >= 0.3 is 6.18 Å². The van der Waals surface area contributed by atoms with Crippen LogP contribution in [0.2, 0.25) is 5.02 Å². The molecule has 0 aliphatic carbocycles. The molecule has 0 radical (unpaired) electrons. The number of anilines is 1. The first-order valence-corrected chi connectivity index (χ1v) is 10.9. The number of thiazole rings is 1. The van der Waals surface area contributed by atoms with Crippen LogP contribution in [0.25, 0.3) is 0 Å². The SMILES string of the molecule is O=C(Nc1ncc(Cc2cc(C(F)(F)F)ccc2Cl)s1)[C@@H]1CCCN1C(=O)c1ccco1. The van der Waals surface area contributed by atoms with Gasteiger partial charge in [0.1, 0.15) is 6.04 Å². The highest BCUT2D eigenvalue weighted by Crippen LogP contribution is 2.33. The van der Waals surface area contributed by atoms with Crippen molar-refractivity contribution in [2.75, 3.05) is 11.9 Å². The Balaban J connectivity index is 1.43. The number of amides is 2. The number of carbonyl (C=O) groups excluding carboxylic acids is 2. The molecule has 0 saturated carbocycles. The van der Waals surface area contributed by atoms with Gasteiger partial charge in [0.15, 0.2) is 10.9 Å². The van der Waals surface area contributed by atoms with Gasteiger partial charge in [-0.05, 0) is 48.7 Å². The van der Waals surface area contributed by atoms with Gasteiger partial charge in [0.25, 0.3) is 5.91 Å². The molecule has 168 valence electrons. The molecule has 11 heteroatoms. The third-order valence-electron chi connectivity index (χ3n) is 5.07. The number of alkyl halides is 3. The molecule has 0 unspecified atom stereocenters. The lowest BCUT2D eigenvalue weighted by atomic mass is 10.1. The zero-order valence-corrected chi connectivity index (χ0v) is 18.1. The molecular weight excluding hydrogens is 467 g/mol. The lowest BCUT2D eigenvalue weighted by molar-refractivity contribution is -0.137. The molecule has 1 fully saturated rings. The van der Waals surface area contributed by atoms with Crippen molar-refractivity contribution in [3.8, 4) is 0 Å². The molecule has 0 spiro atoms. The Morgan fingerprint density at radius 3 is 2.84 bits per heavy atom.